The van der Waals surface area contributed by atoms with Gasteiger partial charge in [0, 0.05) is 19.7 Å². The summed E-state index contributed by atoms with van der Waals surface area (Å²) in [4.78, 5) is 13.4. The van der Waals surface area contributed by atoms with E-state index >= 15 is 0 Å². The molecule has 0 aliphatic carbocycles. The molecule has 1 aromatic carbocycles. The van der Waals surface area contributed by atoms with Gasteiger partial charge in [-0.3, -0.25) is 0 Å². The normalized spacial score (nSPS) is 12.1. The zero-order chi connectivity index (χ0) is 21.2. The largest absolute Gasteiger partial charge is 0.414 e. The second-order valence-electron chi connectivity index (χ2n) is 9.82. The number of carbonyl (C=O) groups is 1. The third-order valence-electron chi connectivity index (χ3n) is 4.98. The standard InChI is InChI=1S/C23H43N3O2/c1-24(2)23(27)28-22-17-13-12-16-21(22)20-26(6,7)19-15-11-9-8-10-14-18-25(3,4)5/h12-13,16-17H,8-11,14-15,18-20H2,1-7H3/q+2. The van der Waals surface area contributed by atoms with E-state index in [1.165, 1.54) is 50.0 Å². The molecule has 0 atom stereocenters. The second-order valence-corrected chi connectivity index (χ2v) is 9.82. The van der Waals surface area contributed by atoms with E-state index in [4.69, 9.17) is 4.74 Å². The Morgan fingerprint density at radius 3 is 1.96 bits per heavy atom. The van der Waals surface area contributed by atoms with Crippen molar-refractivity contribution in [3.05, 3.63) is 29.8 Å². The smallest absolute Gasteiger partial charge is 0.410 e. The molecule has 0 aliphatic heterocycles. The van der Waals surface area contributed by atoms with E-state index in [0.29, 0.717) is 5.75 Å². The number of benzene rings is 1. The number of para-hydroxylation sites is 1. The molecule has 0 fully saturated rings. The molecule has 1 amide bonds. The summed E-state index contributed by atoms with van der Waals surface area (Å²) in [6.07, 6.45) is 7.55. The van der Waals surface area contributed by atoms with Gasteiger partial charge in [0.05, 0.1) is 48.3 Å². The molecule has 0 saturated carbocycles. The first kappa shape index (κ1) is 24.4. The molecule has 0 spiro atoms. The van der Waals surface area contributed by atoms with E-state index in [-0.39, 0.29) is 6.09 Å². The highest BCUT2D eigenvalue weighted by Gasteiger charge is 2.19. The van der Waals surface area contributed by atoms with Gasteiger partial charge in [0.15, 0.2) is 0 Å². The maximum atomic E-state index is 11.9. The Morgan fingerprint density at radius 2 is 1.39 bits per heavy atom. The Balaban J connectivity index is 2.37. The van der Waals surface area contributed by atoms with Gasteiger partial charge >= 0.3 is 6.09 Å². The van der Waals surface area contributed by atoms with Gasteiger partial charge in [0.25, 0.3) is 0 Å². The van der Waals surface area contributed by atoms with Crippen LogP contribution in [0.1, 0.15) is 44.1 Å². The van der Waals surface area contributed by atoms with Crippen molar-refractivity contribution < 1.29 is 18.5 Å². The van der Waals surface area contributed by atoms with Crippen LogP contribution in [0.3, 0.4) is 0 Å². The van der Waals surface area contributed by atoms with Gasteiger partial charge in [-0.05, 0) is 37.8 Å². The van der Waals surface area contributed by atoms with Crippen molar-refractivity contribution >= 4 is 6.09 Å². The minimum atomic E-state index is -0.331. The number of quaternary nitrogens is 2. The lowest BCUT2D eigenvalue weighted by Crippen LogP contribution is -2.39. The summed E-state index contributed by atoms with van der Waals surface area (Å²) in [7, 11) is 14.7. The Hall–Kier alpha value is -1.59. The minimum Gasteiger partial charge on any atom is -0.410 e. The van der Waals surface area contributed by atoms with Crippen LogP contribution in [0, 0.1) is 0 Å². The Morgan fingerprint density at radius 1 is 0.857 bits per heavy atom. The van der Waals surface area contributed by atoms with Crippen molar-refractivity contribution in [1.82, 2.24) is 4.90 Å². The van der Waals surface area contributed by atoms with Crippen molar-refractivity contribution in [3.63, 3.8) is 0 Å². The monoisotopic (exact) mass is 393 g/mol. The van der Waals surface area contributed by atoms with Crippen LogP contribution in [0.25, 0.3) is 0 Å². The molecule has 0 bridgehead atoms. The van der Waals surface area contributed by atoms with Crippen molar-refractivity contribution in [2.24, 2.45) is 0 Å². The molecule has 1 rings (SSSR count). The lowest BCUT2D eigenvalue weighted by atomic mass is 10.1. The van der Waals surface area contributed by atoms with Gasteiger partial charge < -0.3 is 18.6 Å². The maximum absolute atomic E-state index is 11.9. The van der Waals surface area contributed by atoms with E-state index in [0.717, 1.165) is 27.6 Å². The predicted molar refractivity (Wildman–Crippen MR) is 117 cm³/mol. The van der Waals surface area contributed by atoms with E-state index in [1.807, 2.05) is 18.2 Å². The predicted octanol–water partition coefficient (Wildman–Crippen LogP) is 4.37. The summed E-state index contributed by atoms with van der Waals surface area (Å²) in [5.74, 6) is 0.671. The summed E-state index contributed by atoms with van der Waals surface area (Å²) >= 11 is 0. The average Bonchev–Trinajstić information content (AvgIpc) is 2.57. The fraction of sp³-hybridized carbons (Fsp3) is 0.696. The summed E-state index contributed by atoms with van der Waals surface area (Å²) in [5.41, 5.74) is 1.09. The van der Waals surface area contributed by atoms with Gasteiger partial charge in [-0.2, -0.15) is 0 Å². The number of amides is 1. The van der Waals surface area contributed by atoms with Crippen molar-refractivity contribution in [2.45, 2.75) is 45.1 Å². The van der Waals surface area contributed by atoms with Crippen LogP contribution in [-0.4, -0.2) is 82.4 Å². The molecule has 0 radical (unpaired) electrons. The van der Waals surface area contributed by atoms with Crippen LogP contribution < -0.4 is 4.74 Å². The molecular weight excluding hydrogens is 350 g/mol. The molecule has 0 heterocycles. The zero-order valence-corrected chi connectivity index (χ0v) is 19.3. The summed E-state index contributed by atoms with van der Waals surface area (Å²) in [6, 6.07) is 7.87. The Kier molecular flexibility index (Phi) is 9.97. The molecule has 0 unspecified atom stereocenters. The van der Waals surface area contributed by atoms with Crippen LogP contribution in [0.4, 0.5) is 4.79 Å². The number of rotatable bonds is 12. The molecule has 0 saturated heterocycles. The molecule has 5 heteroatoms. The summed E-state index contributed by atoms with van der Waals surface area (Å²) < 4.78 is 7.50. The first-order valence-corrected chi connectivity index (χ1v) is 10.6. The van der Waals surface area contributed by atoms with Gasteiger partial charge in [0.2, 0.25) is 0 Å². The molecular formula is C23H43N3O2+2. The molecule has 28 heavy (non-hydrogen) atoms. The lowest BCUT2D eigenvalue weighted by molar-refractivity contribution is -0.903. The number of nitrogens with zero attached hydrogens (tertiary/aromatic N) is 3. The molecule has 0 N–H and O–H groups in total. The highest BCUT2D eigenvalue weighted by atomic mass is 16.6. The molecule has 160 valence electrons. The molecule has 1 aromatic rings. The van der Waals surface area contributed by atoms with Gasteiger partial charge in [0.1, 0.15) is 12.3 Å². The van der Waals surface area contributed by atoms with Crippen molar-refractivity contribution in [1.29, 1.82) is 0 Å². The van der Waals surface area contributed by atoms with E-state index in [1.54, 1.807) is 14.1 Å². The number of hydrogen-bond donors (Lipinski definition) is 0. The molecule has 0 aliphatic rings. The van der Waals surface area contributed by atoms with E-state index in [9.17, 15) is 4.79 Å². The fourth-order valence-electron chi connectivity index (χ4n) is 3.29. The van der Waals surface area contributed by atoms with Crippen LogP contribution in [0.5, 0.6) is 5.75 Å². The van der Waals surface area contributed by atoms with Crippen LogP contribution in [0.2, 0.25) is 0 Å². The maximum Gasteiger partial charge on any atom is 0.414 e. The topological polar surface area (TPSA) is 29.5 Å². The van der Waals surface area contributed by atoms with E-state index < -0.39 is 0 Å². The number of hydrogen-bond acceptors (Lipinski definition) is 2. The fourth-order valence-corrected chi connectivity index (χ4v) is 3.29. The molecule has 5 nitrogen and oxygen atoms in total. The second kappa shape index (κ2) is 11.4. The van der Waals surface area contributed by atoms with Crippen LogP contribution >= 0.6 is 0 Å². The third kappa shape index (κ3) is 10.7. The number of ether oxygens (including phenoxy) is 1. The zero-order valence-electron chi connectivity index (χ0n) is 19.3. The number of unbranched alkanes of at least 4 members (excludes halogenated alkanes) is 5. The highest BCUT2D eigenvalue weighted by molar-refractivity contribution is 5.70. The summed E-state index contributed by atoms with van der Waals surface area (Å²) in [6.45, 7) is 3.26. The van der Waals surface area contributed by atoms with Crippen LogP contribution in [-0.2, 0) is 6.54 Å². The number of carbonyl (C=O) groups excluding carboxylic acids is 1. The van der Waals surface area contributed by atoms with Gasteiger partial charge in [-0.25, -0.2) is 4.79 Å². The first-order chi connectivity index (χ1) is 13.0. The quantitative estimate of drug-likeness (QED) is 0.390. The van der Waals surface area contributed by atoms with E-state index in [2.05, 4.69) is 41.3 Å². The summed E-state index contributed by atoms with van der Waals surface area (Å²) in [5, 5.41) is 0. The van der Waals surface area contributed by atoms with Gasteiger partial charge in [-0.15, -0.1) is 0 Å². The molecule has 0 aromatic heterocycles. The Labute approximate surface area is 173 Å². The lowest BCUT2D eigenvalue weighted by Gasteiger charge is -2.30. The Bertz CT molecular complexity index is 592. The highest BCUT2D eigenvalue weighted by Crippen LogP contribution is 2.23. The minimum absolute atomic E-state index is 0.331. The average molecular weight is 394 g/mol. The van der Waals surface area contributed by atoms with Crippen LogP contribution in [0.15, 0.2) is 24.3 Å². The van der Waals surface area contributed by atoms with Crippen molar-refractivity contribution in [3.8, 4) is 5.75 Å². The SMILES string of the molecule is CN(C)C(=O)Oc1ccccc1C[N+](C)(C)CCCCCCCC[N+](C)(C)C. The van der Waals surface area contributed by atoms with Crippen molar-refractivity contribution in [2.75, 3.05) is 62.4 Å². The third-order valence-corrected chi connectivity index (χ3v) is 4.98. The van der Waals surface area contributed by atoms with Gasteiger partial charge in [-0.1, -0.05) is 25.0 Å². The first-order valence-electron chi connectivity index (χ1n) is 10.6.